The van der Waals surface area contributed by atoms with Gasteiger partial charge in [0.05, 0.1) is 5.92 Å². The molecule has 0 rings (SSSR count). The molecule has 0 N–H and O–H groups in total. The Morgan fingerprint density at radius 2 is 0.875 bits per heavy atom. The van der Waals surface area contributed by atoms with Gasteiger partial charge >= 0.3 is 0 Å². The quantitative estimate of drug-likeness (QED) is 0.0505. The molecular weight excluding hydrogens is 488 g/mol. The van der Waals surface area contributed by atoms with Gasteiger partial charge in [-0.3, -0.25) is 9.59 Å². The van der Waals surface area contributed by atoms with E-state index in [1.54, 1.807) is 0 Å². The monoisotopic (exact) mass is 551 g/mol. The largest absolute Gasteiger partial charge is 0.299 e. The molecule has 0 spiro atoms. The third kappa shape index (κ3) is 29.0. The highest BCUT2D eigenvalue weighted by molar-refractivity contribution is 5.93. The topological polar surface area (TPSA) is 34.1 Å². The van der Waals surface area contributed by atoms with E-state index in [0.29, 0.717) is 12.8 Å². The van der Waals surface area contributed by atoms with Crippen LogP contribution in [-0.2, 0) is 9.59 Å². The van der Waals surface area contributed by atoms with E-state index in [-0.39, 0.29) is 5.78 Å². The van der Waals surface area contributed by atoms with Gasteiger partial charge < -0.3 is 0 Å². The summed E-state index contributed by atoms with van der Waals surface area (Å²) in [5, 5.41) is 0. The van der Waals surface area contributed by atoms with Gasteiger partial charge in [0.2, 0.25) is 6.29 Å². The van der Waals surface area contributed by atoms with Crippen molar-refractivity contribution in [3.8, 4) is 0 Å². The minimum absolute atomic E-state index is 0.0900. The molecule has 0 aliphatic rings. The van der Waals surface area contributed by atoms with Crippen molar-refractivity contribution in [3.05, 3.63) is 60.8 Å². The second kappa shape index (κ2) is 33.2. The van der Waals surface area contributed by atoms with Gasteiger partial charge in [-0.05, 0) is 83.5 Å². The molecule has 0 saturated heterocycles. The first kappa shape index (κ1) is 38.0. The number of carbonyl (C=O) groups excluding carboxylic acids is 2. The number of ketones is 1. The van der Waals surface area contributed by atoms with Gasteiger partial charge in [-0.2, -0.15) is 0 Å². The summed E-state index contributed by atoms with van der Waals surface area (Å²) >= 11 is 0. The van der Waals surface area contributed by atoms with E-state index in [0.717, 1.165) is 44.9 Å². The van der Waals surface area contributed by atoms with Crippen LogP contribution in [0.2, 0.25) is 0 Å². The van der Waals surface area contributed by atoms with Crippen molar-refractivity contribution >= 4 is 12.1 Å². The van der Waals surface area contributed by atoms with E-state index < -0.39 is 5.92 Å². The van der Waals surface area contributed by atoms with E-state index >= 15 is 0 Å². The normalized spacial score (nSPS) is 13.2. The minimum Gasteiger partial charge on any atom is -0.299 e. The Bertz CT molecular complexity index is 694. The van der Waals surface area contributed by atoms with Crippen molar-refractivity contribution in [3.63, 3.8) is 0 Å². The summed E-state index contributed by atoms with van der Waals surface area (Å²) in [4.78, 5) is 23.7. The third-order valence-electron chi connectivity index (χ3n) is 7.29. The highest BCUT2D eigenvalue weighted by Gasteiger charge is 2.17. The molecular formula is C38H63O2. The summed E-state index contributed by atoms with van der Waals surface area (Å²) < 4.78 is 0. The number of unbranched alkanes of at least 4 members (excludes halogenated alkanes) is 14. The second-order valence-electron chi connectivity index (χ2n) is 11.1. The van der Waals surface area contributed by atoms with E-state index in [4.69, 9.17) is 0 Å². The summed E-state index contributed by atoms with van der Waals surface area (Å²) in [6, 6.07) is 0. The van der Waals surface area contributed by atoms with E-state index in [9.17, 15) is 9.59 Å². The predicted molar refractivity (Wildman–Crippen MR) is 177 cm³/mol. The third-order valence-corrected chi connectivity index (χ3v) is 7.29. The molecule has 0 aliphatic carbocycles. The molecule has 227 valence electrons. The Hall–Kier alpha value is -1.96. The number of carbonyl (C=O) groups is 1. The fourth-order valence-electron chi connectivity index (χ4n) is 4.65. The number of hydrogen-bond donors (Lipinski definition) is 0. The first-order valence-electron chi connectivity index (χ1n) is 16.9. The van der Waals surface area contributed by atoms with Gasteiger partial charge in [0.15, 0.2) is 0 Å². The van der Waals surface area contributed by atoms with Crippen LogP contribution in [0.15, 0.2) is 60.8 Å². The number of rotatable bonds is 30. The van der Waals surface area contributed by atoms with Crippen LogP contribution < -0.4 is 0 Å². The van der Waals surface area contributed by atoms with Crippen molar-refractivity contribution in [1.29, 1.82) is 0 Å². The predicted octanol–water partition coefficient (Wildman–Crippen LogP) is 12.1. The van der Waals surface area contributed by atoms with Gasteiger partial charge in [0.1, 0.15) is 5.78 Å². The molecule has 0 saturated carbocycles. The maximum Gasteiger partial charge on any atom is 0.209 e. The standard InChI is InChI=1S/C38H63O2/c1-3-5-7-9-11-13-15-17-19-20-21-23-25-27-29-31-33-35-38(40)37(36-39)34-32-30-28-26-24-22-18-16-14-12-10-8-6-4-2/h11-14,17-19,22,26,28,37H,3-10,15-16,20-21,23-25,27,29-35H2,1-2H3. The maximum atomic E-state index is 12.4. The molecule has 0 aromatic heterocycles. The summed E-state index contributed by atoms with van der Waals surface area (Å²) in [5.41, 5.74) is 0. The van der Waals surface area contributed by atoms with Crippen molar-refractivity contribution in [2.75, 3.05) is 0 Å². The summed E-state index contributed by atoms with van der Waals surface area (Å²) in [6.07, 6.45) is 50.3. The Morgan fingerprint density at radius 1 is 0.500 bits per heavy atom. The molecule has 0 bridgehead atoms. The first-order valence-corrected chi connectivity index (χ1v) is 16.9. The molecule has 0 aromatic rings. The molecule has 0 heterocycles. The van der Waals surface area contributed by atoms with Crippen LogP contribution in [0.1, 0.15) is 162 Å². The van der Waals surface area contributed by atoms with E-state index in [1.807, 2.05) is 6.29 Å². The van der Waals surface area contributed by atoms with Crippen LogP contribution >= 0.6 is 0 Å². The highest BCUT2D eigenvalue weighted by atomic mass is 16.1. The molecule has 1 radical (unpaired) electrons. The molecule has 1 atom stereocenters. The van der Waals surface area contributed by atoms with Gasteiger partial charge in [0, 0.05) is 6.42 Å². The SMILES string of the molecule is CCCCCC=CCC=CCC=CCCCC([C]=O)C(=O)CCCCCCCCCC=CCC=CCCCCC. The fourth-order valence-corrected chi connectivity index (χ4v) is 4.65. The molecule has 0 aromatic carbocycles. The average molecular weight is 552 g/mol. The maximum absolute atomic E-state index is 12.4. The van der Waals surface area contributed by atoms with Crippen molar-refractivity contribution < 1.29 is 9.59 Å². The van der Waals surface area contributed by atoms with Crippen molar-refractivity contribution in [2.24, 2.45) is 5.92 Å². The lowest BCUT2D eigenvalue weighted by atomic mass is 9.94. The zero-order valence-corrected chi connectivity index (χ0v) is 26.4. The van der Waals surface area contributed by atoms with Crippen LogP contribution in [-0.4, -0.2) is 12.1 Å². The van der Waals surface area contributed by atoms with E-state index in [2.05, 4.69) is 74.6 Å². The zero-order chi connectivity index (χ0) is 29.2. The van der Waals surface area contributed by atoms with Gasteiger partial charge in [-0.25, -0.2) is 0 Å². The Morgan fingerprint density at radius 3 is 1.32 bits per heavy atom. The number of allylic oxidation sites excluding steroid dienone is 10. The smallest absolute Gasteiger partial charge is 0.209 e. The molecule has 1 unspecified atom stereocenters. The van der Waals surface area contributed by atoms with Crippen LogP contribution in [0.5, 0.6) is 0 Å². The summed E-state index contributed by atoms with van der Waals surface area (Å²) in [5.74, 6) is -0.436. The molecule has 2 heteroatoms. The Balaban J connectivity index is 3.62. The second-order valence-corrected chi connectivity index (χ2v) is 11.1. The number of Topliss-reactive ketones (excluding diaryl/α,β-unsaturated/α-hetero) is 1. The molecule has 2 nitrogen and oxygen atoms in total. The van der Waals surface area contributed by atoms with Crippen LogP contribution in [0.3, 0.4) is 0 Å². The first-order chi connectivity index (χ1) is 19.8. The lowest BCUT2D eigenvalue weighted by Crippen LogP contribution is -2.15. The number of hydrogen-bond acceptors (Lipinski definition) is 2. The van der Waals surface area contributed by atoms with Crippen molar-refractivity contribution in [2.45, 2.75) is 162 Å². The average Bonchev–Trinajstić information content (AvgIpc) is 2.96. The van der Waals surface area contributed by atoms with E-state index in [1.165, 1.54) is 89.9 Å². The zero-order valence-electron chi connectivity index (χ0n) is 26.4. The van der Waals surface area contributed by atoms with Crippen LogP contribution in [0.4, 0.5) is 0 Å². The highest BCUT2D eigenvalue weighted by Crippen LogP contribution is 2.15. The van der Waals surface area contributed by atoms with Crippen LogP contribution in [0, 0.1) is 5.92 Å². The molecule has 0 aliphatic heterocycles. The van der Waals surface area contributed by atoms with Crippen LogP contribution in [0.25, 0.3) is 0 Å². The van der Waals surface area contributed by atoms with Crippen molar-refractivity contribution in [1.82, 2.24) is 0 Å². The summed E-state index contributed by atoms with van der Waals surface area (Å²) in [7, 11) is 0. The van der Waals surface area contributed by atoms with Gasteiger partial charge in [-0.1, -0.05) is 132 Å². The minimum atomic E-state index is -0.526. The summed E-state index contributed by atoms with van der Waals surface area (Å²) in [6.45, 7) is 4.48. The molecule has 0 fully saturated rings. The van der Waals surface area contributed by atoms with Gasteiger partial charge in [-0.15, -0.1) is 0 Å². The molecule has 0 amide bonds. The Kier molecular flexibility index (Phi) is 31.6. The lowest BCUT2D eigenvalue weighted by molar-refractivity contribution is -0.121. The lowest BCUT2D eigenvalue weighted by Gasteiger charge is -2.08. The molecule has 40 heavy (non-hydrogen) atoms. The fraction of sp³-hybridized carbons (Fsp3) is 0.684. The Labute approximate surface area is 249 Å². The van der Waals surface area contributed by atoms with Gasteiger partial charge in [0.25, 0.3) is 0 Å².